The molecule has 0 fully saturated rings. The van der Waals surface area contributed by atoms with Crippen molar-refractivity contribution >= 4 is 27.3 Å². The summed E-state index contributed by atoms with van der Waals surface area (Å²) in [7, 11) is 0. The summed E-state index contributed by atoms with van der Waals surface area (Å²) in [6.45, 7) is 0. The Morgan fingerprint density at radius 2 is 1.85 bits per heavy atom. The van der Waals surface area contributed by atoms with Gasteiger partial charge in [-0.05, 0) is 22.6 Å². The summed E-state index contributed by atoms with van der Waals surface area (Å²) < 4.78 is 0. The number of benzene rings is 1. The van der Waals surface area contributed by atoms with E-state index in [-0.39, 0.29) is 0 Å². The summed E-state index contributed by atoms with van der Waals surface area (Å²) in [5, 5.41) is 3.07. The summed E-state index contributed by atoms with van der Waals surface area (Å²) in [5.74, 6) is 0. The highest BCUT2D eigenvalue weighted by molar-refractivity contribution is 9.08. The van der Waals surface area contributed by atoms with E-state index in [0.717, 1.165) is 5.33 Å². The van der Waals surface area contributed by atoms with Gasteiger partial charge < -0.3 is 0 Å². The minimum Gasteiger partial charge on any atom is -0.144 e. The number of halogens is 1. The third-order valence-corrected chi connectivity index (χ3v) is 3.54. The number of alkyl halides is 1. The van der Waals surface area contributed by atoms with Gasteiger partial charge in [0, 0.05) is 10.2 Å². The van der Waals surface area contributed by atoms with Gasteiger partial charge >= 0.3 is 0 Å². The third-order valence-electron chi connectivity index (χ3n) is 1.93. The molecule has 0 aliphatic carbocycles. The van der Waals surface area contributed by atoms with Crippen LogP contribution in [0.1, 0.15) is 5.56 Å². The van der Waals surface area contributed by atoms with Crippen molar-refractivity contribution in [2.24, 2.45) is 0 Å². The van der Waals surface area contributed by atoms with Gasteiger partial charge in [0.25, 0.3) is 0 Å². The molecule has 1 aromatic heterocycles. The summed E-state index contributed by atoms with van der Waals surface area (Å²) in [6.07, 6.45) is 0. The highest BCUT2D eigenvalue weighted by atomic mass is 79.9. The summed E-state index contributed by atoms with van der Waals surface area (Å²) in [4.78, 5) is 1.37. The lowest BCUT2D eigenvalue weighted by molar-refractivity contribution is 1.49. The van der Waals surface area contributed by atoms with Gasteiger partial charge in [0.2, 0.25) is 0 Å². The van der Waals surface area contributed by atoms with Crippen LogP contribution in [0.25, 0.3) is 10.4 Å². The van der Waals surface area contributed by atoms with E-state index in [4.69, 9.17) is 0 Å². The Bertz CT molecular complexity index is 378. The number of hydrogen-bond donors (Lipinski definition) is 0. The third kappa shape index (κ3) is 1.84. The van der Waals surface area contributed by atoms with Crippen LogP contribution in [0, 0.1) is 0 Å². The molecule has 2 rings (SSSR count). The van der Waals surface area contributed by atoms with Crippen LogP contribution in [0.3, 0.4) is 0 Å². The molecule has 2 aromatic rings. The highest BCUT2D eigenvalue weighted by Crippen LogP contribution is 2.30. The summed E-state index contributed by atoms with van der Waals surface area (Å²) in [5.41, 5.74) is 2.68. The largest absolute Gasteiger partial charge is 0.144 e. The Kier molecular flexibility index (Phi) is 2.81. The first-order valence-electron chi connectivity index (χ1n) is 4.09. The van der Waals surface area contributed by atoms with Crippen molar-refractivity contribution in [2.75, 3.05) is 0 Å². The van der Waals surface area contributed by atoms with E-state index in [2.05, 4.69) is 51.6 Å². The van der Waals surface area contributed by atoms with Gasteiger partial charge in [-0.2, -0.15) is 0 Å². The molecule has 0 unspecified atom stereocenters. The predicted molar refractivity (Wildman–Crippen MR) is 62.4 cm³/mol. The Balaban J connectivity index is 2.47. The van der Waals surface area contributed by atoms with Crippen LogP contribution in [0.15, 0.2) is 41.8 Å². The number of rotatable bonds is 2. The molecule has 0 amide bonds. The lowest BCUT2D eigenvalue weighted by atomic mass is 10.1. The topological polar surface area (TPSA) is 0 Å². The zero-order valence-electron chi connectivity index (χ0n) is 7.03. The van der Waals surface area contributed by atoms with Gasteiger partial charge in [0.05, 0.1) is 0 Å². The molecule has 0 spiro atoms. The van der Waals surface area contributed by atoms with Gasteiger partial charge in [-0.1, -0.05) is 46.3 Å². The molecule has 66 valence electrons. The van der Waals surface area contributed by atoms with Crippen molar-refractivity contribution in [1.29, 1.82) is 0 Å². The molecule has 0 atom stereocenters. The van der Waals surface area contributed by atoms with Gasteiger partial charge in [-0.25, -0.2) is 0 Å². The van der Waals surface area contributed by atoms with Crippen LogP contribution in [0.4, 0.5) is 0 Å². The quantitative estimate of drug-likeness (QED) is 0.699. The molecule has 0 nitrogen and oxygen atoms in total. The average molecular weight is 253 g/mol. The lowest BCUT2D eigenvalue weighted by Gasteiger charge is -1.99. The Labute approximate surface area is 90.4 Å². The molecule has 0 aliphatic rings. The molecule has 1 aromatic carbocycles. The van der Waals surface area contributed by atoms with E-state index in [1.54, 1.807) is 11.3 Å². The van der Waals surface area contributed by atoms with Gasteiger partial charge in [0.1, 0.15) is 0 Å². The van der Waals surface area contributed by atoms with E-state index in [9.17, 15) is 0 Å². The maximum absolute atomic E-state index is 3.49. The van der Waals surface area contributed by atoms with Crippen molar-refractivity contribution in [3.63, 3.8) is 0 Å². The Morgan fingerprint density at radius 3 is 2.54 bits per heavy atom. The van der Waals surface area contributed by atoms with Crippen molar-refractivity contribution in [1.82, 2.24) is 0 Å². The van der Waals surface area contributed by atoms with Crippen molar-refractivity contribution in [3.05, 3.63) is 47.3 Å². The average Bonchev–Trinajstić information content (AvgIpc) is 2.67. The van der Waals surface area contributed by atoms with Crippen LogP contribution in [0.5, 0.6) is 0 Å². The normalized spacial score (nSPS) is 10.2. The maximum Gasteiger partial charge on any atom is 0.0383 e. The van der Waals surface area contributed by atoms with Gasteiger partial charge in [-0.3, -0.25) is 0 Å². The second-order valence-corrected chi connectivity index (χ2v) is 4.25. The first-order chi connectivity index (χ1) is 6.42. The van der Waals surface area contributed by atoms with Crippen molar-refractivity contribution in [2.45, 2.75) is 5.33 Å². The zero-order valence-corrected chi connectivity index (χ0v) is 9.44. The van der Waals surface area contributed by atoms with E-state index in [1.165, 1.54) is 16.0 Å². The van der Waals surface area contributed by atoms with Crippen molar-refractivity contribution in [3.8, 4) is 10.4 Å². The first kappa shape index (κ1) is 8.97. The van der Waals surface area contributed by atoms with E-state index in [1.807, 2.05) is 6.07 Å². The van der Waals surface area contributed by atoms with E-state index < -0.39 is 0 Å². The Morgan fingerprint density at radius 1 is 1.08 bits per heavy atom. The molecule has 0 aliphatic heterocycles. The standard InChI is InChI=1S/C11H9BrS/c12-8-10-6-7-13-11(10)9-4-2-1-3-5-9/h1-7H,8H2. The van der Waals surface area contributed by atoms with Crippen LogP contribution >= 0.6 is 27.3 Å². The zero-order chi connectivity index (χ0) is 9.10. The molecule has 0 N–H and O–H groups in total. The molecular formula is C11H9BrS. The molecule has 13 heavy (non-hydrogen) atoms. The minimum atomic E-state index is 0.931. The molecule has 2 heteroatoms. The molecule has 0 saturated carbocycles. The number of thiophene rings is 1. The fourth-order valence-electron chi connectivity index (χ4n) is 1.28. The van der Waals surface area contributed by atoms with Crippen LogP contribution in [-0.4, -0.2) is 0 Å². The smallest absolute Gasteiger partial charge is 0.0383 e. The molecule has 0 saturated heterocycles. The van der Waals surface area contributed by atoms with Gasteiger partial charge in [-0.15, -0.1) is 11.3 Å². The molecular weight excluding hydrogens is 244 g/mol. The van der Waals surface area contributed by atoms with E-state index >= 15 is 0 Å². The maximum atomic E-state index is 3.49. The lowest BCUT2D eigenvalue weighted by Crippen LogP contribution is -1.77. The monoisotopic (exact) mass is 252 g/mol. The fraction of sp³-hybridized carbons (Fsp3) is 0.0909. The van der Waals surface area contributed by atoms with Crippen LogP contribution in [-0.2, 0) is 5.33 Å². The van der Waals surface area contributed by atoms with E-state index in [0.29, 0.717) is 0 Å². The predicted octanol–water partition coefficient (Wildman–Crippen LogP) is 4.31. The molecule has 0 bridgehead atoms. The Hall–Kier alpha value is -0.600. The van der Waals surface area contributed by atoms with Crippen molar-refractivity contribution < 1.29 is 0 Å². The molecule has 1 heterocycles. The fourth-order valence-corrected chi connectivity index (χ4v) is 2.87. The first-order valence-corrected chi connectivity index (χ1v) is 6.09. The van der Waals surface area contributed by atoms with Crippen LogP contribution < -0.4 is 0 Å². The number of hydrogen-bond acceptors (Lipinski definition) is 1. The summed E-state index contributed by atoms with van der Waals surface area (Å²) in [6, 6.07) is 12.7. The molecule has 0 radical (unpaired) electrons. The SMILES string of the molecule is BrCc1ccsc1-c1ccccc1. The second kappa shape index (κ2) is 4.07. The van der Waals surface area contributed by atoms with Gasteiger partial charge in [0.15, 0.2) is 0 Å². The highest BCUT2D eigenvalue weighted by Gasteiger charge is 2.03. The second-order valence-electron chi connectivity index (χ2n) is 2.77. The minimum absolute atomic E-state index is 0.931. The van der Waals surface area contributed by atoms with Crippen LogP contribution in [0.2, 0.25) is 0 Å². The summed E-state index contributed by atoms with van der Waals surface area (Å²) >= 11 is 5.29.